The molecule has 0 atom stereocenters. The molecule has 1 heterocycles. The Labute approximate surface area is 114 Å². The lowest BCUT2D eigenvalue weighted by Gasteiger charge is -2.06. The maximum Gasteiger partial charge on any atom is 0.123 e. The van der Waals surface area contributed by atoms with Crippen LogP contribution < -0.4 is 0 Å². The summed E-state index contributed by atoms with van der Waals surface area (Å²) in [6.45, 7) is 1.83. The number of halogens is 2. The van der Waals surface area contributed by atoms with Gasteiger partial charge in [-0.25, -0.2) is 4.39 Å². The molecule has 0 amide bonds. The van der Waals surface area contributed by atoms with Crippen LogP contribution in [-0.2, 0) is 0 Å². The fourth-order valence-electron chi connectivity index (χ4n) is 1.60. The molecule has 1 aromatic carbocycles. The Morgan fingerprint density at radius 2 is 2.17 bits per heavy atom. The van der Waals surface area contributed by atoms with Crippen LogP contribution in [0.4, 0.5) is 4.39 Å². The Kier molecular flexibility index (Phi) is 3.81. The molecule has 0 saturated heterocycles. The molecule has 0 aliphatic rings. The van der Waals surface area contributed by atoms with Crippen LogP contribution in [0.25, 0.3) is 10.6 Å². The number of rotatable bonds is 2. The summed E-state index contributed by atoms with van der Waals surface area (Å²) in [5.41, 5.74) is 1.77. The summed E-state index contributed by atoms with van der Waals surface area (Å²) in [6, 6.07) is 10.1. The number of hydrogen-bond acceptors (Lipinski definition) is 2. The molecule has 0 fully saturated rings. The number of nitriles is 1. The van der Waals surface area contributed by atoms with Gasteiger partial charge in [0.05, 0.1) is 10.6 Å². The van der Waals surface area contributed by atoms with E-state index in [2.05, 4.69) is 6.07 Å². The summed E-state index contributed by atoms with van der Waals surface area (Å²) in [5, 5.41) is 11.4. The standard InChI is InChI=1S/C14H9ClFNS/c1-9-4-5-10(16)7-11(9)14(15)12(8-17)13-3-2-6-18-13/h2-7H,1H3/b14-12-. The third-order valence-corrected chi connectivity index (χ3v) is 3.81. The third kappa shape index (κ3) is 2.45. The van der Waals surface area contributed by atoms with Crippen LogP contribution in [0.15, 0.2) is 35.7 Å². The van der Waals surface area contributed by atoms with Gasteiger partial charge in [0.1, 0.15) is 11.9 Å². The Hall–Kier alpha value is -1.63. The zero-order chi connectivity index (χ0) is 13.1. The van der Waals surface area contributed by atoms with Gasteiger partial charge in [0.15, 0.2) is 0 Å². The van der Waals surface area contributed by atoms with Crippen molar-refractivity contribution in [2.75, 3.05) is 0 Å². The highest BCUT2D eigenvalue weighted by atomic mass is 35.5. The fourth-order valence-corrected chi connectivity index (χ4v) is 2.73. The van der Waals surface area contributed by atoms with E-state index in [9.17, 15) is 9.65 Å². The quantitative estimate of drug-likeness (QED) is 0.722. The number of thiophene rings is 1. The van der Waals surface area contributed by atoms with E-state index < -0.39 is 0 Å². The molecule has 0 saturated carbocycles. The average molecular weight is 278 g/mol. The van der Waals surface area contributed by atoms with Crippen LogP contribution in [-0.4, -0.2) is 0 Å². The van der Waals surface area contributed by atoms with Crippen molar-refractivity contribution < 1.29 is 4.39 Å². The molecule has 2 rings (SSSR count). The highest BCUT2D eigenvalue weighted by Gasteiger charge is 2.13. The van der Waals surface area contributed by atoms with Gasteiger partial charge in [-0.3, -0.25) is 0 Å². The summed E-state index contributed by atoms with van der Waals surface area (Å²) in [7, 11) is 0. The lowest BCUT2D eigenvalue weighted by atomic mass is 10.0. The lowest BCUT2D eigenvalue weighted by Crippen LogP contribution is -1.89. The Morgan fingerprint density at radius 3 is 2.78 bits per heavy atom. The third-order valence-electron chi connectivity index (χ3n) is 2.53. The van der Waals surface area contributed by atoms with Gasteiger partial charge < -0.3 is 0 Å². The SMILES string of the molecule is Cc1ccc(F)cc1/C(Cl)=C(\C#N)c1cccs1. The molecule has 0 bridgehead atoms. The second-order valence-corrected chi connectivity index (χ2v) is 5.06. The molecule has 0 aliphatic heterocycles. The second-order valence-electron chi connectivity index (χ2n) is 3.74. The van der Waals surface area contributed by atoms with E-state index in [1.807, 2.05) is 24.4 Å². The van der Waals surface area contributed by atoms with Gasteiger partial charge in [0, 0.05) is 10.4 Å². The van der Waals surface area contributed by atoms with Gasteiger partial charge in [-0.05, 0) is 36.1 Å². The van der Waals surface area contributed by atoms with Gasteiger partial charge in [0.2, 0.25) is 0 Å². The minimum absolute atomic E-state index is 0.289. The van der Waals surface area contributed by atoms with Gasteiger partial charge in [-0.1, -0.05) is 23.7 Å². The first-order chi connectivity index (χ1) is 8.63. The monoisotopic (exact) mass is 277 g/mol. The van der Waals surface area contributed by atoms with Crippen LogP contribution in [0.2, 0.25) is 0 Å². The average Bonchev–Trinajstić information content (AvgIpc) is 2.87. The van der Waals surface area contributed by atoms with Crippen molar-refractivity contribution in [2.45, 2.75) is 6.92 Å². The molecular weight excluding hydrogens is 269 g/mol. The van der Waals surface area contributed by atoms with E-state index in [1.165, 1.54) is 23.5 Å². The maximum atomic E-state index is 13.3. The molecule has 1 nitrogen and oxygen atoms in total. The summed E-state index contributed by atoms with van der Waals surface area (Å²) < 4.78 is 13.3. The smallest absolute Gasteiger partial charge is 0.123 e. The molecule has 0 spiro atoms. The Balaban J connectivity index is 2.62. The van der Waals surface area contributed by atoms with E-state index in [0.717, 1.165) is 10.4 Å². The molecule has 2 aromatic rings. The number of nitrogens with zero attached hydrogens (tertiary/aromatic N) is 1. The number of aryl methyl sites for hydroxylation is 1. The van der Waals surface area contributed by atoms with Crippen molar-refractivity contribution in [3.8, 4) is 6.07 Å². The molecule has 0 unspecified atom stereocenters. The number of benzene rings is 1. The molecule has 90 valence electrons. The van der Waals surface area contributed by atoms with E-state index in [4.69, 9.17) is 11.6 Å². The van der Waals surface area contributed by atoms with Gasteiger partial charge >= 0.3 is 0 Å². The van der Waals surface area contributed by atoms with Gasteiger partial charge in [-0.2, -0.15) is 5.26 Å². The number of allylic oxidation sites excluding steroid dienone is 1. The molecule has 0 radical (unpaired) electrons. The molecular formula is C14H9ClFNS. The zero-order valence-corrected chi connectivity index (χ0v) is 11.1. The van der Waals surface area contributed by atoms with Crippen molar-refractivity contribution in [1.82, 2.24) is 0 Å². The van der Waals surface area contributed by atoms with E-state index in [-0.39, 0.29) is 10.8 Å². The molecule has 18 heavy (non-hydrogen) atoms. The molecule has 0 aliphatic carbocycles. The van der Waals surface area contributed by atoms with Crippen LogP contribution in [0.5, 0.6) is 0 Å². The molecule has 4 heteroatoms. The van der Waals surface area contributed by atoms with E-state index in [0.29, 0.717) is 11.1 Å². The van der Waals surface area contributed by atoms with E-state index in [1.54, 1.807) is 6.07 Å². The first-order valence-corrected chi connectivity index (χ1v) is 6.49. The van der Waals surface area contributed by atoms with Crippen LogP contribution >= 0.6 is 22.9 Å². The molecule has 0 N–H and O–H groups in total. The molecule has 1 aromatic heterocycles. The fraction of sp³-hybridized carbons (Fsp3) is 0.0714. The van der Waals surface area contributed by atoms with Crippen molar-refractivity contribution in [3.63, 3.8) is 0 Å². The van der Waals surface area contributed by atoms with Crippen molar-refractivity contribution in [2.24, 2.45) is 0 Å². The summed E-state index contributed by atoms with van der Waals surface area (Å²) in [5.74, 6) is -0.364. The second kappa shape index (κ2) is 5.34. The van der Waals surface area contributed by atoms with Gasteiger partial charge in [0.25, 0.3) is 0 Å². The normalized spacial score (nSPS) is 11.9. The largest absolute Gasteiger partial charge is 0.207 e. The minimum Gasteiger partial charge on any atom is -0.207 e. The maximum absolute atomic E-state index is 13.3. The Bertz CT molecular complexity index is 638. The van der Waals surface area contributed by atoms with Crippen LogP contribution in [0.3, 0.4) is 0 Å². The highest BCUT2D eigenvalue weighted by Crippen LogP contribution is 2.33. The van der Waals surface area contributed by atoms with Crippen LogP contribution in [0.1, 0.15) is 16.0 Å². The zero-order valence-electron chi connectivity index (χ0n) is 9.58. The summed E-state index contributed by atoms with van der Waals surface area (Å²) in [6.07, 6.45) is 0. The number of hydrogen-bond donors (Lipinski definition) is 0. The summed E-state index contributed by atoms with van der Waals surface area (Å²) in [4.78, 5) is 0.783. The minimum atomic E-state index is -0.364. The van der Waals surface area contributed by atoms with Crippen LogP contribution in [0, 0.1) is 24.1 Å². The first-order valence-electron chi connectivity index (χ1n) is 5.23. The van der Waals surface area contributed by atoms with E-state index >= 15 is 0 Å². The highest BCUT2D eigenvalue weighted by molar-refractivity contribution is 7.11. The van der Waals surface area contributed by atoms with Crippen molar-refractivity contribution in [3.05, 3.63) is 57.5 Å². The predicted octanol–water partition coefficient (Wildman–Crippen LogP) is 4.83. The van der Waals surface area contributed by atoms with Gasteiger partial charge in [-0.15, -0.1) is 11.3 Å². The summed E-state index contributed by atoms with van der Waals surface area (Å²) >= 11 is 7.67. The lowest BCUT2D eigenvalue weighted by molar-refractivity contribution is 0.627. The predicted molar refractivity (Wildman–Crippen MR) is 73.7 cm³/mol. The van der Waals surface area contributed by atoms with Crippen molar-refractivity contribution >= 4 is 33.5 Å². The van der Waals surface area contributed by atoms with Crippen molar-refractivity contribution in [1.29, 1.82) is 5.26 Å². The Morgan fingerprint density at radius 1 is 1.39 bits per heavy atom. The topological polar surface area (TPSA) is 23.8 Å². The first kappa shape index (κ1) is 12.8.